The minimum atomic E-state index is -0.799. The fourth-order valence-corrected chi connectivity index (χ4v) is 4.38. The number of aliphatic imine (C=N–C) groups is 1. The number of carbonyl (C=O) groups excluding carboxylic acids is 3. The summed E-state index contributed by atoms with van der Waals surface area (Å²) in [6.07, 6.45) is 2.71. The van der Waals surface area contributed by atoms with Crippen molar-refractivity contribution in [1.29, 1.82) is 0 Å². The highest BCUT2D eigenvalue weighted by atomic mass is 32.1. The summed E-state index contributed by atoms with van der Waals surface area (Å²) in [6, 6.07) is 3.95. The van der Waals surface area contributed by atoms with E-state index in [0.29, 0.717) is 35.2 Å². The molecule has 0 radical (unpaired) electrons. The molecule has 10 nitrogen and oxygen atoms in total. The SMILES string of the molecule is COC(=O)c1ccc2nc(C(=O)C(CCCNC(=O)[C@@H]3CCCN3)N=C(N)N)sc2c1. The Balaban J connectivity index is 1.65. The summed E-state index contributed by atoms with van der Waals surface area (Å²) in [5.41, 5.74) is 12.0. The molecule has 1 amide bonds. The van der Waals surface area contributed by atoms with Crippen LogP contribution in [0.1, 0.15) is 45.8 Å². The molecule has 2 aromatic rings. The molecule has 1 aromatic carbocycles. The molecular weight excluding hydrogens is 420 g/mol. The first-order valence-corrected chi connectivity index (χ1v) is 10.8. The fraction of sp³-hybridized carbons (Fsp3) is 0.450. The third kappa shape index (κ3) is 5.76. The van der Waals surface area contributed by atoms with Crippen molar-refractivity contribution in [2.45, 2.75) is 37.8 Å². The number of thiazole rings is 1. The summed E-state index contributed by atoms with van der Waals surface area (Å²) >= 11 is 1.17. The fourth-order valence-electron chi connectivity index (χ4n) is 3.39. The van der Waals surface area contributed by atoms with Gasteiger partial charge in [-0.2, -0.15) is 0 Å². The van der Waals surface area contributed by atoms with Crippen LogP contribution in [0.15, 0.2) is 23.2 Å². The van der Waals surface area contributed by atoms with Crippen LogP contribution in [-0.2, 0) is 9.53 Å². The van der Waals surface area contributed by atoms with Crippen LogP contribution >= 0.6 is 11.3 Å². The third-order valence-electron chi connectivity index (χ3n) is 4.96. The summed E-state index contributed by atoms with van der Waals surface area (Å²) in [5, 5.41) is 6.27. The van der Waals surface area contributed by atoms with Crippen LogP contribution in [0.5, 0.6) is 0 Å². The minimum absolute atomic E-state index is 0.0326. The number of nitrogens with zero attached hydrogens (tertiary/aromatic N) is 2. The highest BCUT2D eigenvalue weighted by Gasteiger charge is 2.24. The standard InChI is InChI=1S/C20H26N6O4S/c1-30-19(29)11-6-7-12-15(10-11)31-18(25-12)16(27)13(26-20(21)22)4-2-9-24-17(28)14-5-3-8-23-14/h6-7,10,13-14,23H,2-5,8-9H2,1H3,(H,24,28)(H4,21,22,26)/t13?,14-/m0/s1. The molecule has 3 rings (SSSR count). The topological polar surface area (TPSA) is 162 Å². The first-order valence-electron chi connectivity index (χ1n) is 10.0. The van der Waals surface area contributed by atoms with Gasteiger partial charge in [-0.25, -0.2) is 14.8 Å². The van der Waals surface area contributed by atoms with Gasteiger partial charge in [0.1, 0.15) is 6.04 Å². The van der Waals surface area contributed by atoms with Crippen molar-refractivity contribution in [2.24, 2.45) is 16.5 Å². The molecule has 1 unspecified atom stereocenters. The Morgan fingerprint density at radius 1 is 1.39 bits per heavy atom. The van der Waals surface area contributed by atoms with Gasteiger partial charge in [-0.1, -0.05) is 0 Å². The van der Waals surface area contributed by atoms with Crippen molar-refractivity contribution in [3.8, 4) is 0 Å². The normalized spacial score (nSPS) is 16.6. The number of Topliss-reactive ketones (excluding diaryl/α,β-unsaturated/α-hetero) is 1. The van der Waals surface area contributed by atoms with Crippen LogP contribution < -0.4 is 22.1 Å². The maximum Gasteiger partial charge on any atom is 0.337 e. The Kier molecular flexibility index (Phi) is 7.53. The number of nitrogens with two attached hydrogens (primary N) is 2. The lowest BCUT2D eigenvalue weighted by atomic mass is 10.1. The van der Waals surface area contributed by atoms with Gasteiger partial charge in [0.2, 0.25) is 11.7 Å². The molecule has 2 atom stereocenters. The van der Waals surface area contributed by atoms with Crippen molar-refractivity contribution in [2.75, 3.05) is 20.2 Å². The van der Waals surface area contributed by atoms with Crippen LogP contribution in [0.3, 0.4) is 0 Å². The van der Waals surface area contributed by atoms with E-state index in [4.69, 9.17) is 16.2 Å². The zero-order valence-electron chi connectivity index (χ0n) is 17.2. The van der Waals surface area contributed by atoms with E-state index in [0.717, 1.165) is 19.4 Å². The quantitative estimate of drug-likeness (QED) is 0.143. The lowest BCUT2D eigenvalue weighted by Crippen LogP contribution is -2.41. The van der Waals surface area contributed by atoms with Crippen LogP contribution in [0.25, 0.3) is 10.2 Å². The lowest BCUT2D eigenvalue weighted by Gasteiger charge is -2.13. The largest absolute Gasteiger partial charge is 0.465 e. The monoisotopic (exact) mass is 446 g/mol. The molecule has 1 aliphatic rings. The number of hydrogen-bond acceptors (Lipinski definition) is 8. The highest BCUT2D eigenvalue weighted by molar-refractivity contribution is 7.20. The van der Waals surface area contributed by atoms with E-state index < -0.39 is 12.0 Å². The zero-order valence-corrected chi connectivity index (χ0v) is 18.0. The lowest BCUT2D eigenvalue weighted by molar-refractivity contribution is -0.122. The van der Waals surface area contributed by atoms with E-state index in [1.165, 1.54) is 18.4 Å². The highest BCUT2D eigenvalue weighted by Crippen LogP contribution is 2.25. The molecule has 0 spiro atoms. The van der Waals surface area contributed by atoms with Gasteiger partial charge in [0.05, 0.1) is 28.9 Å². The van der Waals surface area contributed by atoms with Crippen LogP contribution in [0.2, 0.25) is 0 Å². The molecule has 1 aliphatic heterocycles. The third-order valence-corrected chi connectivity index (χ3v) is 5.99. The van der Waals surface area contributed by atoms with Crippen molar-refractivity contribution >= 4 is 45.2 Å². The molecule has 11 heteroatoms. The number of nitrogens with one attached hydrogen (secondary N) is 2. The van der Waals surface area contributed by atoms with Crippen LogP contribution in [0, 0.1) is 0 Å². The predicted molar refractivity (Wildman–Crippen MR) is 118 cm³/mol. The van der Waals surface area contributed by atoms with Crippen molar-refractivity contribution in [3.63, 3.8) is 0 Å². The predicted octanol–water partition coefficient (Wildman–Crippen LogP) is 0.556. The van der Waals surface area contributed by atoms with Gasteiger partial charge >= 0.3 is 5.97 Å². The number of carbonyl (C=O) groups is 3. The number of ketones is 1. The molecule has 0 bridgehead atoms. The van der Waals surface area contributed by atoms with Gasteiger partial charge in [-0.05, 0) is 50.4 Å². The van der Waals surface area contributed by atoms with Crippen LogP contribution in [-0.4, -0.2) is 60.9 Å². The Hall–Kier alpha value is -3.05. The average Bonchev–Trinajstić information content (AvgIpc) is 3.43. The second-order valence-electron chi connectivity index (χ2n) is 7.21. The van der Waals surface area contributed by atoms with Gasteiger partial charge in [0.15, 0.2) is 11.0 Å². The van der Waals surface area contributed by atoms with Gasteiger partial charge in [0.25, 0.3) is 0 Å². The van der Waals surface area contributed by atoms with Crippen molar-refractivity contribution in [1.82, 2.24) is 15.6 Å². The second-order valence-corrected chi connectivity index (χ2v) is 8.24. The number of guanidine groups is 1. The Morgan fingerprint density at radius 3 is 2.87 bits per heavy atom. The molecule has 2 heterocycles. The maximum absolute atomic E-state index is 13.0. The Bertz CT molecular complexity index is 995. The van der Waals surface area contributed by atoms with E-state index in [9.17, 15) is 14.4 Å². The number of ether oxygens (including phenoxy) is 1. The zero-order chi connectivity index (χ0) is 22.4. The number of fused-ring (bicyclic) bond motifs is 1. The summed E-state index contributed by atoms with van der Waals surface area (Å²) in [6.45, 7) is 1.27. The second kappa shape index (κ2) is 10.3. The molecule has 0 saturated carbocycles. The summed E-state index contributed by atoms with van der Waals surface area (Å²) in [7, 11) is 1.31. The van der Waals surface area contributed by atoms with Gasteiger partial charge in [-0.3, -0.25) is 9.59 Å². The Labute approximate surface area is 183 Å². The smallest absolute Gasteiger partial charge is 0.337 e. The average molecular weight is 447 g/mol. The first-order chi connectivity index (χ1) is 14.9. The molecule has 6 N–H and O–H groups in total. The summed E-state index contributed by atoms with van der Waals surface area (Å²) in [4.78, 5) is 45.2. The molecule has 1 aromatic heterocycles. The summed E-state index contributed by atoms with van der Waals surface area (Å²) in [5.74, 6) is -0.990. The molecule has 1 fully saturated rings. The van der Waals surface area contributed by atoms with E-state index in [2.05, 4.69) is 20.6 Å². The van der Waals surface area contributed by atoms with E-state index in [1.54, 1.807) is 18.2 Å². The number of methoxy groups -OCH3 is 1. The van der Waals surface area contributed by atoms with Gasteiger partial charge in [0, 0.05) is 6.54 Å². The minimum Gasteiger partial charge on any atom is -0.465 e. The van der Waals surface area contributed by atoms with Crippen LogP contribution in [0.4, 0.5) is 0 Å². The summed E-state index contributed by atoms with van der Waals surface area (Å²) < 4.78 is 5.41. The molecule has 31 heavy (non-hydrogen) atoms. The van der Waals surface area contributed by atoms with Gasteiger partial charge < -0.3 is 26.8 Å². The molecule has 166 valence electrons. The number of aromatic nitrogens is 1. The van der Waals surface area contributed by atoms with Crippen molar-refractivity contribution < 1.29 is 19.1 Å². The van der Waals surface area contributed by atoms with E-state index >= 15 is 0 Å². The van der Waals surface area contributed by atoms with E-state index in [-0.39, 0.29) is 28.7 Å². The number of esters is 1. The number of rotatable bonds is 9. The number of amides is 1. The Morgan fingerprint density at radius 2 is 2.19 bits per heavy atom. The number of benzene rings is 1. The molecular formula is C20H26N6O4S. The van der Waals surface area contributed by atoms with E-state index in [1.807, 2.05) is 0 Å². The maximum atomic E-state index is 13.0. The van der Waals surface area contributed by atoms with Crippen molar-refractivity contribution in [3.05, 3.63) is 28.8 Å². The molecule has 1 saturated heterocycles. The molecule has 0 aliphatic carbocycles. The van der Waals surface area contributed by atoms with Gasteiger partial charge in [-0.15, -0.1) is 11.3 Å². The number of hydrogen-bond donors (Lipinski definition) is 4. The first kappa shape index (κ1) is 22.6.